The van der Waals surface area contributed by atoms with Gasteiger partial charge in [-0.25, -0.2) is 9.18 Å². The average Bonchev–Trinajstić information content (AvgIpc) is 3.05. The molecule has 2 heterocycles. The highest BCUT2D eigenvalue weighted by Crippen LogP contribution is 2.34. The number of cyclic esters (lactones) is 1. The van der Waals surface area contributed by atoms with Crippen molar-refractivity contribution >= 4 is 12.0 Å². The molecule has 8 heteroatoms. The van der Waals surface area contributed by atoms with E-state index >= 15 is 0 Å². The first-order chi connectivity index (χ1) is 15.1. The number of esters is 1. The normalized spacial score (nSPS) is 32.2. The summed E-state index contributed by atoms with van der Waals surface area (Å²) in [6, 6.07) is 2.60. The zero-order chi connectivity index (χ0) is 23.5. The minimum absolute atomic E-state index is 0.0149. The first-order valence-electron chi connectivity index (χ1n) is 10.7. The van der Waals surface area contributed by atoms with Crippen LogP contribution in [0.15, 0.2) is 30.4 Å². The van der Waals surface area contributed by atoms with Gasteiger partial charge in [0.05, 0.1) is 6.10 Å². The molecule has 0 aliphatic carbocycles. The average molecular weight is 451 g/mol. The number of aliphatic hydroxyl groups excluding tert-OH is 1. The minimum Gasteiger partial charge on any atom is -0.467 e. The topological polar surface area (TPSA) is 83.5 Å². The Labute approximate surface area is 187 Å². The first kappa shape index (κ1) is 24.4. The van der Waals surface area contributed by atoms with Crippen molar-refractivity contribution in [3.05, 3.63) is 47.3 Å². The van der Waals surface area contributed by atoms with Gasteiger partial charge in [0.15, 0.2) is 12.6 Å². The van der Waals surface area contributed by atoms with Crippen LogP contribution in [0.2, 0.25) is 0 Å². The number of rotatable bonds is 3. The molecule has 0 radical (unpaired) electrons. The second-order valence-electron chi connectivity index (χ2n) is 8.51. The Kier molecular flexibility index (Phi) is 7.71. The molecule has 0 aromatic heterocycles. The standard InChI is InChI=1S/C24H31FO7/c1-14-9-11-18(26)22-20(31-24(3,4)32-22)8-6-7-16-17(25)10-12-19(29-13-28-5)21(16)23(27)30-15(14)2/h6-7,9-12,14-15,18,20,22,26H,8,13H2,1-5H3/b7-6+,11-9-/t14-,15+,18?,20+,22-/m1/s1. The molecule has 1 aromatic rings. The van der Waals surface area contributed by atoms with Crippen molar-refractivity contribution in [2.45, 2.75) is 64.3 Å². The van der Waals surface area contributed by atoms with Crippen LogP contribution in [0.5, 0.6) is 5.75 Å². The summed E-state index contributed by atoms with van der Waals surface area (Å²) in [6.07, 6.45) is 4.41. The monoisotopic (exact) mass is 450 g/mol. The van der Waals surface area contributed by atoms with Gasteiger partial charge in [-0.3, -0.25) is 0 Å². The Bertz CT molecular complexity index is 879. The molecule has 0 bridgehead atoms. The molecule has 1 fully saturated rings. The van der Waals surface area contributed by atoms with Crippen LogP contribution in [0.25, 0.3) is 6.08 Å². The second-order valence-corrected chi connectivity index (χ2v) is 8.51. The van der Waals surface area contributed by atoms with E-state index in [0.29, 0.717) is 6.42 Å². The van der Waals surface area contributed by atoms with Crippen molar-refractivity contribution in [3.63, 3.8) is 0 Å². The molecule has 0 spiro atoms. The predicted molar refractivity (Wildman–Crippen MR) is 116 cm³/mol. The maximum absolute atomic E-state index is 14.8. The molecule has 7 nitrogen and oxygen atoms in total. The van der Waals surface area contributed by atoms with E-state index in [1.54, 1.807) is 39.0 Å². The Balaban J connectivity index is 2.05. The third-order valence-corrected chi connectivity index (χ3v) is 5.55. The van der Waals surface area contributed by atoms with Crippen LogP contribution in [0.1, 0.15) is 50.0 Å². The lowest BCUT2D eigenvalue weighted by molar-refractivity contribution is -0.152. The number of carbonyl (C=O) groups excluding carboxylic acids is 1. The molecular weight excluding hydrogens is 419 g/mol. The molecule has 32 heavy (non-hydrogen) atoms. The molecule has 1 N–H and O–H groups in total. The van der Waals surface area contributed by atoms with Gasteiger partial charge in [0.2, 0.25) is 0 Å². The number of ether oxygens (including phenoxy) is 5. The summed E-state index contributed by atoms with van der Waals surface area (Å²) in [4.78, 5) is 13.0. The van der Waals surface area contributed by atoms with Gasteiger partial charge in [-0.1, -0.05) is 31.2 Å². The van der Waals surface area contributed by atoms with E-state index in [1.807, 2.05) is 6.92 Å². The molecule has 2 aliphatic rings. The first-order valence-corrected chi connectivity index (χ1v) is 10.7. The summed E-state index contributed by atoms with van der Waals surface area (Å²) in [6.45, 7) is 7.04. The zero-order valence-electron chi connectivity index (χ0n) is 19.0. The molecule has 0 amide bonds. The Hall–Kier alpha value is -2.26. The third kappa shape index (κ3) is 5.56. The summed E-state index contributed by atoms with van der Waals surface area (Å²) < 4.78 is 42.7. The highest BCUT2D eigenvalue weighted by Gasteiger charge is 2.43. The van der Waals surface area contributed by atoms with Crippen molar-refractivity contribution < 1.29 is 38.0 Å². The molecule has 5 atom stereocenters. The molecule has 1 saturated heterocycles. The van der Waals surface area contributed by atoms with Crippen molar-refractivity contribution in [2.24, 2.45) is 5.92 Å². The SMILES string of the molecule is COCOc1ccc(F)c2c1C(=O)O[C@@H](C)[C@H](C)/C=C\C(O)[C@H]1OC(C)(C)O[C@H]1C/C=C/2. The van der Waals surface area contributed by atoms with E-state index in [0.717, 1.165) is 0 Å². The van der Waals surface area contributed by atoms with Gasteiger partial charge in [0.25, 0.3) is 0 Å². The van der Waals surface area contributed by atoms with Crippen LogP contribution in [-0.2, 0) is 18.9 Å². The van der Waals surface area contributed by atoms with Gasteiger partial charge in [-0.05, 0) is 39.3 Å². The van der Waals surface area contributed by atoms with E-state index < -0.39 is 42.0 Å². The van der Waals surface area contributed by atoms with Crippen molar-refractivity contribution in [2.75, 3.05) is 13.9 Å². The van der Waals surface area contributed by atoms with Crippen LogP contribution in [0.3, 0.4) is 0 Å². The number of aliphatic hydroxyl groups is 1. The fourth-order valence-corrected chi connectivity index (χ4v) is 3.74. The van der Waals surface area contributed by atoms with Gasteiger partial charge >= 0.3 is 5.97 Å². The number of hydrogen-bond acceptors (Lipinski definition) is 7. The molecule has 3 rings (SSSR count). The molecule has 1 aromatic carbocycles. The highest BCUT2D eigenvalue weighted by molar-refractivity contribution is 5.97. The van der Waals surface area contributed by atoms with E-state index in [1.165, 1.54) is 25.3 Å². The van der Waals surface area contributed by atoms with Gasteiger partial charge in [0, 0.05) is 18.6 Å². The Morgan fingerprint density at radius 1 is 1.22 bits per heavy atom. The summed E-state index contributed by atoms with van der Waals surface area (Å²) in [7, 11) is 1.45. The van der Waals surface area contributed by atoms with Crippen LogP contribution in [0, 0.1) is 11.7 Å². The maximum atomic E-state index is 14.8. The maximum Gasteiger partial charge on any atom is 0.342 e. The van der Waals surface area contributed by atoms with Crippen molar-refractivity contribution in [1.29, 1.82) is 0 Å². The lowest BCUT2D eigenvalue weighted by atomic mass is 9.99. The number of fused-ring (bicyclic) bond motifs is 2. The molecular formula is C24H31FO7. The molecule has 2 aliphatic heterocycles. The third-order valence-electron chi connectivity index (χ3n) is 5.55. The minimum atomic E-state index is -0.915. The van der Waals surface area contributed by atoms with Gasteiger partial charge in [0.1, 0.15) is 35.4 Å². The summed E-state index contributed by atoms with van der Waals surface area (Å²) in [5, 5.41) is 10.7. The number of benzene rings is 1. The Morgan fingerprint density at radius 2 is 1.97 bits per heavy atom. The van der Waals surface area contributed by atoms with E-state index in [-0.39, 0.29) is 29.6 Å². The van der Waals surface area contributed by atoms with Gasteiger partial charge in [-0.15, -0.1) is 0 Å². The number of methoxy groups -OCH3 is 1. The van der Waals surface area contributed by atoms with E-state index in [4.69, 9.17) is 23.7 Å². The second kappa shape index (κ2) is 10.1. The van der Waals surface area contributed by atoms with Crippen LogP contribution >= 0.6 is 0 Å². The largest absolute Gasteiger partial charge is 0.467 e. The highest BCUT2D eigenvalue weighted by atomic mass is 19.1. The number of hydrogen-bond donors (Lipinski definition) is 1. The van der Waals surface area contributed by atoms with Crippen LogP contribution in [-0.4, -0.2) is 55.2 Å². The fourth-order valence-electron chi connectivity index (χ4n) is 3.74. The molecule has 176 valence electrons. The van der Waals surface area contributed by atoms with E-state index in [2.05, 4.69) is 0 Å². The number of carbonyl (C=O) groups is 1. The van der Waals surface area contributed by atoms with Crippen LogP contribution in [0.4, 0.5) is 4.39 Å². The summed E-state index contributed by atoms with van der Waals surface area (Å²) in [5.74, 6) is -2.23. The van der Waals surface area contributed by atoms with Gasteiger partial charge in [-0.2, -0.15) is 0 Å². The van der Waals surface area contributed by atoms with Crippen LogP contribution < -0.4 is 4.74 Å². The zero-order valence-corrected chi connectivity index (χ0v) is 19.0. The molecule has 1 unspecified atom stereocenters. The molecule has 0 saturated carbocycles. The van der Waals surface area contributed by atoms with E-state index in [9.17, 15) is 14.3 Å². The predicted octanol–water partition coefficient (Wildman–Crippen LogP) is 3.84. The fraction of sp³-hybridized carbons (Fsp3) is 0.542. The van der Waals surface area contributed by atoms with Crippen molar-refractivity contribution in [1.82, 2.24) is 0 Å². The summed E-state index contributed by atoms with van der Waals surface area (Å²) >= 11 is 0. The Morgan fingerprint density at radius 3 is 2.69 bits per heavy atom. The summed E-state index contributed by atoms with van der Waals surface area (Å²) in [5.41, 5.74) is 0.0326. The van der Waals surface area contributed by atoms with Crippen molar-refractivity contribution in [3.8, 4) is 5.75 Å². The quantitative estimate of drug-likeness (QED) is 0.426. The number of halogens is 1. The lowest BCUT2D eigenvalue weighted by Crippen LogP contribution is -2.34. The lowest BCUT2D eigenvalue weighted by Gasteiger charge is -2.22. The van der Waals surface area contributed by atoms with Gasteiger partial charge < -0.3 is 28.8 Å². The smallest absolute Gasteiger partial charge is 0.342 e.